The van der Waals surface area contributed by atoms with Crippen LogP contribution in [0.5, 0.6) is 0 Å². The van der Waals surface area contributed by atoms with Crippen molar-refractivity contribution in [3.63, 3.8) is 0 Å². The molecule has 2 nitrogen and oxygen atoms in total. The van der Waals surface area contributed by atoms with Crippen molar-refractivity contribution in [2.24, 2.45) is 0 Å². The minimum atomic E-state index is 0.533. The highest BCUT2D eigenvalue weighted by molar-refractivity contribution is 7.99. The first kappa shape index (κ1) is 10.9. The van der Waals surface area contributed by atoms with Crippen molar-refractivity contribution < 1.29 is 0 Å². The quantitative estimate of drug-likeness (QED) is 0.359. The van der Waals surface area contributed by atoms with Gasteiger partial charge < -0.3 is 0 Å². The molecule has 5 heteroatoms. The van der Waals surface area contributed by atoms with Crippen LogP contribution >= 0.6 is 34.7 Å². The molecule has 0 N–H and O–H groups in total. The van der Waals surface area contributed by atoms with Gasteiger partial charge in [0.1, 0.15) is 9.98 Å². The molecule has 0 saturated heterocycles. The summed E-state index contributed by atoms with van der Waals surface area (Å²) in [4.78, 5) is 9.58. The summed E-state index contributed by atoms with van der Waals surface area (Å²) in [5.74, 6) is 0.827. The highest BCUT2D eigenvalue weighted by Gasteiger charge is 2.07. The third-order valence-electron chi connectivity index (χ3n) is 1.71. The van der Waals surface area contributed by atoms with Crippen molar-refractivity contribution in [1.29, 1.82) is 0 Å². The van der Waals surface area contributed by atoms with Gasteiger partial charge in [-0.2, -0.15) is 0 Å². The Hall–Kier alpha value is -0.580. The molecular weight excluding hydrogens is 248 g/mol. The largest absolute Gasteiger partial charge is 0.211 e. The number of thioether (sulfide) groups is 1. The van der Waals surface area contributed by atoms with Crippen molar-refractivity contribution >= 4 is 44.9 Å². The van der Waals surface area contributed by atoms with Crippen molar-refractivity contribution in [2.45, 2.75) is 12.1 Å². The highest BCUT2D eigenvalue weighted by atomic mass is 35.5. The molecule has 0 spiro atoms. The van der Waals surface area contributed by atoms with E-state index in [0.29, 0.717) is 5.15 Å². The summed E-state index contributed by atoms with van der Waals surface area (Å²) in [5, 5.41) is 4.16. The molecule has 0 bridgehead atoms. The maximum atomic E-state index is 6.04. The maximum Gasteiger partial charge on any atom is 0.190 e. The number of hydrogen-bond acceptors (Lipinski definition) is 4. The van der Waals surface area contributed by atoms with Crippen LogP contribution in [0.4, 0.5) is 0 Å². The molecular formula is C10H9ClN2S2. The van der Waals surface area contributed by atoms with Crippen molar-refractivity contribution in [3.8, 4) is 0 Å². The average molecular weight is 257 g/mol. The van der Waals surface area contributed by atoms with Gasteiger partial charge in [-0.1, -0.05) is 35.5 Å². The number of nitrogens with zero attached hydrogens (tertiary/aromatic N) is 2. The van der Waals surface area contributed by atoms with Crippen LogP contribution in [-0.4, -0.2) is 15.7 Å². The van der Waals surface area contributed by atoms with Gasteiger partial charge in [0.15, 0.2) is 5.16 Å². The van der Waals surface area contributed by atoms with Crippen molar-refractivity contribution in [1.82, 2.24) is 9.97 Å². The summed E-state index contributed by atoms with van der Waals surface area (Å²) in [6, 6.07) is 1.94. The average Bonchev–Trinajstić information content (AvgIpc) is 2.63. The summed E-state index contributed by atoms with van der Waals surface area (Å²) < 4.78 is 0. The van der Waals surface area contributed by atoms with E-state index in [9.17, 15) is 0 Å². The Bertz CT molecular complexity index is 507. The van der Waals surface area contributed by atoms with Crippen LogP contribution in [0.15, 0.2) is 28.8 Å². The molecule has 2 rings (SSSR count). The topological polar surface area (TPSA) is 25.8 Å². The molecule has 0 saturated carbocycles. The molecule has 0 atom stereocenters. The van der Waals surface area contributed by atoms with Gasteiger partial charge in [0.05, 0.1) is 0 Å². The molecule has 0 aliphatic heterocycles. The Morgan fingerprint density at radius 3 is 3.13 bits per heavy atom. The van der Waals surface area contributed by atoms with E-state index in [1.54, 1.807) is 23.1 Å². The molecule has 0 amide bonds. The van der Waals surface area contributed by atoms with Gasteiger partial charge in [-0.15, -0.1) is 11.3 Å². The first-order valence-corrected chi connectivity index (χ1v) is 6.59. The highest BCUT2D eigenvalue weighted by Crippen LogP contribution is 2.28. The number of halogens is 1. The molecule has 2 aromatic heterocycles. The van der Waals surface area contributed by atoms with Crippen LogP contribution in [-0.2, 0) is 0 Å². The van der Waals surface area contributed by atoms with Gasteiger partial charge in [-0.05, 0) is 18.4 Å². The zero-order chi connectivity index (χ0) is 10.8. The molecule has 0 aliphatic carbocycles. The Kier molecular flexibility index (Phi) is 3.29. The second kappa shape index (κ2) is 4.51. The molecule has 0 fully saturated rings. The van der Waals surface area contributed by atoms with Crippen molar-refractivity contribution in [2.75, 3.05) is 5.75 Å². The second-order valence-electron chi connectivity index (χ2n) is 3.18. The van der Waals surface area contributed by atoms with E-state index in [4.69, 9.17) is 11.6 Å². The summed E-state index contributed by atoms with van der Waals surface area (Å²) in [7, 11) is 0. The van der Waals surface area contributed by atoms with Crippen LogP contribution in [0.3, 0.4) is 0 Å². The molecule has 2 heterocycles. The predicted molar refractivity (Wildman–Crippen MR) is 68.0 cm³/mol. The van der Waals surface area contributed by atoms with E-state index in [1.807, 2.05) is 18.4 Å². The number of hydrogen-bond donors (Lipinski definition) is 0. The van der Waals surface area contributed by atoms with Gasteiger partial charge >= 0.3 is 0 Å². The minimum absolute atomic E-state index is 0.533. The van der Waals surface area contributed by atoms with Crippen LogP contribution < -0.4 is 0 Å². The third-order valence-corrected chi connectivity index (χ3v) is 3.88. The van der Waals surface area contributed by atoms with E-state index in [2.05, 4.69) is 16.5 Å². The predicted octanol–water partition coefficient (Wildman–Crippen LogP) is 4.01. The third kappa shape index (κ3) is 2.51. The van der Waals surface area contributed by atoms with E-state index >= 15 is 0 Å². The fourth-order valence-corrected chi connectivity index (χ4v) is 2.90. The van der Waals surface area contributed by atoms with Crippen LogP contribution in [0, 0.1) is 0 Å². The minimum Gasteiger partial charge on any atom is -0.211 e. The SMILES string of the molecule is C=C(C)CSc1nc(Cl)c2ccsc2n1. The zero-order valence-electron chi connectivity index (χ0n) is 8.16. The van der Waals surface area contributed by atoms with Gasteiger partial charge in [-0.3, -0.25) is 0 Å². The van der Waals surface area contributed by atoms with Gasteiger partial charge in [-0.25, -0.2) is 9.97 Å². The molecule has 0 aromatic carbocycles. The molecule has 2 aromatic rings. The normalized spacial score (nSPS) is 10.8. The lowest BCUT2D eigenvalue weighted by Crippen LogP contribution is -1.89. The Labute approximate surface area is 101 Å². The molecule has 78 valence electrons. The number of thiophene rings is 1. The summed E-state index contributed by atoms with van der Waals surface area (Å²) >= 11 is 9.18. The molecule has 0 unspecified atom stereocenters. The van der Waals surface area contributed by atoms with E-state index < -0.39 is 0 Å². The number of rotatable bonds is 3. The lowest BCUT2D eigenvalue weighted by atomic mass is 10.4. The summed E-state index contributed by atoms with van der Waals surface area (Å²) in [6.45, 7) is 5.82. The standard InChI is InChI=1S/C10H9ClN2S2/c1-6(2)5-15-10-12-8(11)7-3-4-14-9(7)13-10/h3-4H,1,5H2,2H3. The lowest BCUT2D eigenvalue weighted by Gasteiger charge is -2.00. The zero-order valence-corrected chi connectivity index (χ0v) is 10.5. The number of fused-ring (bicyclic) bond motifs is 1. The Morgan fingerprint density at radius 2 is 2.40 bits per heavy atom. The second-order valence-corrected chi connectivity index (χ2v) is 5.38. The Morgan fingerprint density at radius 1 is 1.60 bits per heavy atom. The molecule has 0 radical (unpaired) electrons. The smallest absolute Gasteiger partial charge is 0.190 e. The fourth-order valence-electron chi connectivity index (χ4n) is 1.05. The van der Waals surface area contributed by atoms with E-state index in [0.717, 1.165) is 26.7 Å². The summed E-state index contributed by atoms with van der Waals surface area (Å²) in [5.41, 5.74) is 1.10. The van der Waals surface area contributed by atoms with Crippen LogP contribution in [0.1, 0.15) is 6.92 Å². The van der Waals surface area contributed by atoms with Crippen LogP contribution in [0.2, 0.25) is 5.15 Å². The van der Waals surface area contributed by atoms with Gasteiger partial charge in [0, 0.05) is 11.1 Å². The fraction of sp³-hybridized carbons (Fsp3) is 0.200. The first-order chi connectivity index (χ1) is 7.16. The summed E-state index contributed by atoms with van der Waals surface area (Å²) in [6.07, 6.45) is 0. The molecule has 0 aliphatic rings. The Balaban J connectivity index is 2.32. The van der Waals surface area contributed by atoms with Crippen molar-refractivity contribution in [3.05, 3.63) is 28.8 Å². The van der Waals surface area contributed by atoms with Gasteiger partial charge in [0.2, 0.25) is 0 Å². The van der Waals surface area contributed by atoms with E-state index in [1.165, 1.54) is 0 Å². The van der Waals surface area contributed by atoms with Gasteiger partial charge in [0.25, 0.3) is 0 Å². The molecule has 15 heavy (non-hydrogen) atoms. The lowest BCUT2D eigenvalue weighted by molar-refractivity contribution is 1.01. The monoisotopic (exact) mass is 256 g/mol. The van der Waals surface area contributed by atoms with E-state index in [-0.39, 0.29) is 0 Å². The van der Waals surface area contributed by atoms with Crippen LogP contribution in [0.25, 0.3) is 10.2 Å². The maximum absolute atomic E-state index is 6.04. The first-order valence-electron chi connectivity index (χ1n) is 4.35. The number of aromatic nitrogens is 2.